The summed E-state index contributed by atoms with van der Waals surface area (Å²) in [5, 5.41) is 18.8. The van der Waals surface area contributed by atoms with Crippen LogP contribution in [0, 0.1) is 22.7 Å². The molecule has 2 aromatic rings. The van der Waals surface area contributed by atoms with E-state index in [0.29, 0.717) is 25.1 Å². The van der Waals surface area contributed by atoms with Crippen LogP contribution < -0.4 is 20.9 Å². The third-order valence-electron chi connectivity index (χ3n) is 6.57. The first-order valence-electron chi connectivity index (χ1n) is 12.7. The molecule has 3 rings (SSSR count). The van der Waals surface area contributed by atoms with Crippen molar-refractivity contribution in [2.45, 2.75) is 66.0 Å². The van der Waals surface area contributed by atoms with Gasteiger partial charge in [0.2, 0.25) is 11.8 Å². The molecule has 194 valence electrons. The Kier molecular flexibility index (Phi) is 8.62. The molecule has 1 aromatic heterocycles. The summed E-state index contributed by atoms with van der Waals surface area (Å²) in [6.07, 6.45) is 1.28. The number of nitrogens with zero attached hydrogens (tertiary/aromatic N) is 2. The molecule has 2 heterocycles. The Bertz CT molecular complexity index is 1140. The van der Waals surface area contributed by atoms with Gasteiger partial charge in [-0.15, -0.1) is 0 Å². The fourth-order valence-corrected chi connectivity index (χ4v) is 4.65. The molecular formula is C27H38N6O3. The number of carbonyl (C=O) groups excluding carboxylic acids is 3. The number of H-pyrrole nitrogens is 1. The number of aromatic amines is 1. The Morgan fingerprint density at radius 3 is 2.50 bits per heavy atom. The lowest BCUT2D eigenvalue weighted by Gasteiger charge is -2.27. The Hall–Kier alpha value is -3.54. The second kappa shape index (κ2) is 11.5. The maximum absolute atomic E-state index is 13.2. The fourth-order valence-electron chi connectivity index (χ4n) is 4.65. The minimum absolute atomic E-state index is 0.0907. The van der Waals surface area contributed by atoms with Crippen LogP contribution in [-0.4, -0.2) is 54.4 Å². The molecule has 9 heteroatoms. The SMILES string of the molecule is CCN(CC)c1ccc2cc(C(=O)N[C@@H](CC(C)(C)C)C(=O)N[C@H](C#N)C[C@@H]3CCNC3=O)[nH]c2c1. The van der Waals surface area contributed by atoms with Gasteiger partial charge in [-0.1, -0.05) is 26.8 Å². The number of amides is 3. The van der Waals surface area contributed by atoms with Crippen molar-refractivity contribution in [2.75, 3.05) is 24.5 Å². The zero-order chi connectivity index (χ0) is 26.5. The lowest BCUT2D eigenvalue weighted by Crippen LogP contribution is -2.51. The molecule has 1 aliphatic rings. The Morgan fingerprint density at radius 2 is 1.92 bits per heavy atom. The summed E-state index contributed by atoms with van der Waals surface area (Å²) in [4.78, 5) is 43.7. The summed E-state index contributed by atoms with van der Waals surface area (Å²) in [6, 6.07) is 8.27. The number of hydrogen-bond donors (Lipinski definition) is 4. The average Bonchev–Trinajstić information content (AvgIpc) is 3.43. The van der Waals surface area contributed by atoms with Crippen molar-refractivity contribution in [1.82, 2.24) is 20.9 Å². The molecule has 0 bridgehead atoms. The van der Waals surface area contributed by atoms with Crippen molar-refractivity contribution in [1.29, 1.82) is 5.26 Å². The summed E-state index contributed by atoms with van der Waals surface area (Å²) in [6.45, 7) is 12.5. The number of hydrogen-bond acceptors (Lipinski definition) is 5. The van der Waals surface area contributed by atoms with Gasteiger partial charge in [-0.2, -0.15) is 5.26 Å². The normalized spacial score (nSPS) is 17.2. The van der Waals surface area contributed by atoms with Gasteiger partial charge in [-0.3, -0.25) is 14.4 Å². The summed E-state index contributed by atoms with van der Waals surface area (Å²) >= 11 is 0. The summed E-state index contributed by atoms with van der Waals surface area (Å²) < 4.78 is 0. The van der Waals surface area contributed by atoms with Crippen LogP contribution in [0.2, 0.25) is 0 Å². The Balaban J connectivity index is 1.75. The van der Waals surface area contributed by atoms with E-state index in [1.807, 2.05) is 39.0 Å². The monoisotopic (exact) mass is 494 g/mol. The van der Waals surface area contributed by atoms with Crippen LogP contribution in [0.15, 0.2) is 24.3 Å². The molecule has 4 N–H and O–H groups in total. The second-order valence-electron chi connectivity index (χ2n) is 10.6. The molecule has 1 aromatic carbocycles. The fraction of sp³-hybridized carbons (Fsp3) is 0.556. The minimum Gasteiger partial charge on any atom is -0.372 e. The van der Waals surface area contributed by atoms with Gasteiger partial charge in [0, 0.05) is 42.1 Å². The molecule has 36 heavy (non-hydrogen) atoms. The van der Waals surface area contributed by atoms with Gasteiger partial charge in [0.05, 0.1) is 6.07 Å². The largest absolute Gasteiger partial charge is 0.372 e. The zero-order valence-corrected chi connectivity index (χ0v) is 21.9. The van der Waals surface area contributed by atoms with E-state index in [9.17, 15) is 19.6 Å². The van der Waals surface area contributed by atoms with Gasteiger partial charge in [0.25, 0.3) is 5.91 Å². The number of nitriles is 1. The van der Waals surface area contributed by atoms with E-state index in [-0.39, 0.29) is 29.6 Å². The topological polar surface area (TPSA) is 130 Å². The van der Waals surface area contributed by atoms with E-state index in [0.717, 1.165) is 29.7 Å². The van der Waals surface area contributed by atoms with Crippen molar-refractivity contribution >= 4 is 34.3 Å². The standard InChI is InChI=1S/C27H38N6O3/c1-6-33(7-2)20-9-8-17-13-22(31-21(17)14-20)25(35)32-23(15-27(3,4)5)26(36)30-19(16-28)12-18-10-11-29-24(18)34/h8-9,13-14,18-19,23,31H,6-7,10-12,15H2,1-5H3,(H,29,34)(H,30,36)(H,32,35)/t18-,19-,23-/m0/s1. The van der Waals surface area contributed by atoms with E-state index in [1.165, 1.54) is 0 Å². The number of fused-ring (bicyclic) bond motifs is 1. The Morgan fingerprint density at radius 1 is 1.19 bits per heavy atom. The highest BCUT2D eigenvalue weighted by Gasteiger charge is 2.32. The number of carbonyl (C=O) groups is 3. The van der Waals surface area contributed by atoms with Crippen molar-refractivity contribution in [3.63, 3.8) is 0 Å². The first-order valence-corrected chi connectivity index (χ1v) is 12.7. The smallest absolute Gasteiger partial charge is 0.268 e. The van der Waals surface area contributed by atoms with E-state index >= 15 is 0 Å². The lowest BCUT2D eigenvalue weighted by atomic mass is 9.87. The summed E-state index contributed by atoms with van der Waals surface area (Å²) in [5.74, 6) is -1.20. The van der Waals surface area contributed by atoms with Crippen LogP contribution in [0.5, 0.6) is 0 Å². The predicted octanol–water partition coefficient (Wildman–Crippen LogP) is 3.08. The highest BCUT2D eigenvalue weighted by molar-refractivity contribution is 6.00. The van der Waals surface area contributed by atoms with Crippen LogP contribution in [0.25, 0.3) is 10.9 Å². The summed E-state index contributed by atoms with van der Waals surface area (Å²) in [7, 11) is 0. The molecule has 0 saturated carbocycles. The van der Waals surface area contributed by atoms with Gasteiger partial charge < -0.3 is 25.8 Å². The van der Waals surface area contributed by atoms with Crippen LogP contribution in [0.3, 0.4) is 0 Å². The maximum atomic E-state index is 13.2. The van der Waals surface area contributed by atoms with Gasteiger partial charge in [-0.25, -0.2) is 0 Å². The molecule has 0 unspecified atom stereocenters. The van der Waals surface area contributed by atoms with Crippen molar-refractivity contribution in [2.24, 2.45) is 11.3 Å². The van der Waals surface area contributed by atoms with E-state index in [2.05, 4.69) is 45.8 Å². The molecule has 1 fully saturated rings. The predicted molar refractivity (Wildman–Crippen MR) is 140 cm³/mol. The number of benzene rings is 1. The quantitative estimate of drug-likeness (QED) is 0.403. The number of anilines is 1. The molecule has 3 amide bonds. The zero-order valence-electron chi connectivity index (χ0n) is 21.9. The first-order chi connectivity index (χ1) is 17.0. The van der Waals surface area contributed by atoms with Crippen LogP contribution in [-0.2, 0) is 9.59 Å². The van der Waals surface area contributed by atoms with E-state index < -0.39 is 18.0 Å². The molecule has 0 spiro atoms. The number of aromatic nitrogens is 1. The minimum atomic E-state index is -0.830. The molecule has 1 aliphatic heterocycles. The maximum Gasteiger partial charge on any atom is 0.268 e. The first kappa shape index (κ1) is 27.1. The van der Waals surface area contributed by atoms with Crippen molar-refractivity contribution in [3.8, 4) is 6.07 Å². The van der Waals surface area contributed by atoms with Gasteiger partial charge in [-0.05, 0) is 56.7 Å². The molecule has 0 radical (unpaired) electrons. The van der Waals surface area contributed by atoms with E-state index in [1.54, 1.807) is 6.07 Å². The van der Waals surface area contributed by atoms with Gasteiger partial charge >= 0.3 is 0 Å². The third kappa shape index (κ3) is 6.78. The number of nitrogens with one attached hydrogen (secondary N) is 4. The second-order valence-corrected chi connectivity index (χ2v) is 10.6. The highest BCUT2D eigenvalue weighted by Crippen LogP contribution is 2.24. The molecule has 0 aliphatic carbocycles. The van der Waals surface area contributed by atoms with Gasteiger partial charge in [0.1, 0.15) is 17.8 Å². The van der Waals surface area contributed by atoms with Crippen molar-refractivity contribution < 1.29 is 14.4 Å². The van der Waals surface area contributed by atoms with Crippen molar-refractivity contribution in [3.05, 3.63) is 30.0 Å². The molecule has 1 saturated heterocycles. The van der Waals surface area contributed by atoms with Gasteiger partial charge in [0.15, 0.2) is 0 Å². The molecule has 9 nitrogen and oxygen atoms in total. The highest BCUT2D eigenvalue weighted by atomic mass is 16.2. The number of rotatable bonds is 10. The molecular weight excluding hydrogens is 456 g/mol. The van der Waals surface area contributed by atoms with Crippen LogP contribution >= 0.6 is 0 Å². The lowest BCUT2D eigenvalue weighted by molar-refractivity contribution is -0.125. The summed E-state index contributed by atoms with van der Waals surface area (Å²) in [5.41, 5.74) is 2.04. The molecule has 3 atom stereocenters. The van der Waals surface area contributed by atoms with E-state index in [4.69, 9.17) is 0 Å². The third-order valence-corrected chi connectivity index (χ3v) is 6.57. The average molecular weight is 495 g/mol. The van der Waals surface area contributed by atoms with Crippen LogP contribution in [0.4, 0.5) is 5.69 Å². The Labute approximate surface area is 213 Å². The van der Waals surface area contributed by atoms with Crippen LogP contribution in [0.1, 0.15) is 64.4 Å².